The molecule has 0 aliphatic heterocycles. The average Bonchev–Trinajstić information content (AvgIpc) is 2.74. The Labute approximate surface area is 181 Å². The fourth-order valence-corrected chi connectivity index (χ4v) is 3.35. The van der Waals surface area contributed by atoms with Crippen LogP contribution in [0.4, 0.5) is 10.1 Å². The second-order valence-electron chi connectivity index (χ2n) is 7.65. The first-order valence-corrected chi connectivity index (χ1v) is 10.2. The molecule has 6 heteroatoms. The summed E-state index contributed by atoms with van der Waals surface area (Å²) in [4.78, 5) is 25.3. The van der Waals surface area contributed by atoms with E-state index in [0.29, 0.717) is 5.69 Å². The fourth-order valence-electron chi connectivity index (χ4n) is 3.35. The van der Waals surface area contributed by atoms with E-state index in [1.807, 2.05) is 49.4 Å². The summed E-state index contributed by atoms with van der Waals surface area (Å²) in [6, 6.07) is 23.8. The molecule has 0 bridgehead atoms. The van der Waals surface area contributed by atoms with Crippen molar-refractivity contribution in [2.75, 3.05) is 25.5 Å². The van der Waals surface area contributed by atoms with Crippen LogP contribution in [-0.4, -0.2) is 32.0 Å². The molecule has 1 unspecified atom stereocenters. The van der Waals surface area contributed by atoms with Gasteiger partial charge in [-0.1, -0.05) is 60.7 Å². The third-order valence-electron chi connectivity index (χ3n) is 4.93. The number of amides is 2. The third-order valence-corrected chi connectivity index (χ3v) is 4.93. The number of rotatable bonds is 8. The molecule has 2 atom stereocenters. The molecule has 0 heterocycles. The molecule has 3 aromatic rings. The minimum absolute atomic E-state index is 0.101. The Morgan fingerprint density at radius 2 is 1.52 bits per heavy atom. The van der Waals surface area contributed by atoms with Crippen molar-refractivity contribution >= 4 is 17.5 Å². The lowest BCUT2D eigenvalue weighted by Crippen LogP contribution is -3.11. The molecule has 2 amide bonds. The van der Waals surface area contributed by atoms with E-state index < -0.39 is 5.82 Å². The highest BCUT2D eigenvalue weighted by Gasteiger charge is 2.17. The number of benzene rings is 3. The second-order valence-corrected chi connectivity index (χ2v) is 7.65. The van der Waals surface area contributed by atoms with Gasteiger partial charge in [-0.15, -0.1) is 0 Å². The topological polar surface area (TPSA) is 62.6 Å². The van der Waals surface area contributed by atoms with Crippen molar-refractivity contribution in [1.82, 2.24) is 5.32 Å². The van der Waals surface area contributed by atoms with Crippen LogP contribution in [0.2, 0.25) is 0 Å². The highest BCUT2D eigenvalue weighted by Crippen LogP contribution is 2.21. The molecule has 3 rings (SSSR count). The summed E-state index contributed by atoms with van der Waals surface area (Å²) >= 11 is 0. The molecule has 0 saturated carbocycles. The van der Waals surface area contributed by atoms with Gasteiger partial charge in [-0.05, 0) is 41.8 Å². The van der Waals surface area contributed by atoms with Crippen LogP contribution in [0.5, 0.6) is 0 Å². The molecule has 0 radical (unpaired) electrons. The molecule has 0 aliphatic carbocycles. The molecule has 0 spiro atoms. The second kappa shape index (κ2) is 10.5. The van der Waals surface area contributed by atoms with Gasteiger partial charge >= 0.3 is 0 Å². The molecule has 3 N–H and O–H groups in total. The first-order valence-electron chi connectivity index (χ1n) is 10.2. The van der Waals surface area contributed by atoms with Crippen LogP contribution in [-0.2, 0) is 9.59 Å². The quantitative estimate of drug-likeness (QED) is 0.525. The predicted octanol–water partition coefficient (Wildman–Crippen LogP) is 2.82. The van der Waals surface area contributed by atoms with E-state index in [9.17, 15) is 14.0 Å². The number of carbonyl (C=O) groups excluding carboxylic acids is 2. The van der Waals surface area contributed by atoms with E-state index in [0.717, 1.165) is 21.6 Å². The van der Waals surface area contributed by atoms with E-state index in [1.165, 1.54) is 18.2 Å². The Kier molecular flexibility index (Phi) is 7.51. The van der Waals surface area contributed by atoms with Crippen LogP contribution in [0, 0.1) is 5.82 Å². The maximum atomic E-state index is 13.2. The number of carbonyl (C=O) groups is 2. The van der Waals surface area contributed by atoms with Crippen molar-refractivity contribution in [3.8, 4) is 11.1 Å². The molecule has 0 fully saturated rings. The maximum absolute atomic E-state index is 13.2. The van der Waals surface area contributed by atoms with E-state index in [1.54, 1.807) is 13.1 Å². The maximum Gasteiger partial charge on any atom is 0.279 e. The van der Waals surface area contributed by atoms with Gasteiger partial charge in [-0.2, -0.15) is 0 Å². The Bertz CT molecular complexity index is 1020. The fraction of sp³-hybridized carbons (Fsp3) is 0.200. The minimum atomic E-state index is -0.413. The van der Waals surface area contributed by atoms with Crippen molar-refractivity contribution in [1.29, 1.82) is 0 Å². The van der Waals surface area contributed by atoms with Crippen molar-refractivity contribution < 1.29 is 18.9 Å². The number of halogens is 1. The van der Waals surface area contributed by atoms with Crippen LogP contribution in [0.1, 0.15) is 18.5 Å². The van der Waals surface area contributed by atoms with Crippen molar-refractivity contribution in [3.63, 3.8) is 0 Å². The standard InChI is InChI=1S/C25H26FN3O2/c1-18(19-11-13-21(14-12-19)20-7-4-3-5-8-20)27-24(30)16-29(2)17-25(31)28-23-10-6-9-22(26)15-23/h3-15,18H,16-17H2,1-2H3,(H,27,30)(H,28,31)/p+1/t18-/m0/s1. The number of quaternary nitrogens is 1. The summed E-state index contributed by atoms with van der Waals surface area (Å²) in [6.07, 6.45) is 0. The Hall–Kier alpha value is -3.51. The monoisotopic (exact) mass is 420 g/mol. The van der Waals surface area contributed by atoms with E-state index in [-0.39, 0.29) is 30.9 Å². The predicted molar refractivity (Wildman–Crippen MR) is 120 cm³/mol. The highest BCUT2D eigenvalue weighted by molar-refractivity contribution is 5.91. The van der Waals surface area contributed by atoms with Gasteiger partial charge in [0.1, 0.15) is 5.82 Å². The third kappa shape index (κ3) is 6.76. The van der Waals surface area contributed by atoms with Gasteiger partial charge in [0.05, 0.1) is 13.1 Å². The van der Waals surface area contributed by atoms with Gasteiger partial charge < -0.3 is 15.5 Å². The number of hydrogen-bond acceptors (Lipinski definition) is 2. The molecule has 160 valence electrons. The van der Waals surface area contributed by atoms with Crippen molar-refractivity contribution in [2.45, 2.75) is 13.0 Å². The summed E-state index contributed by atoms with van der Waals surface area (Å²) in [7, 11) is 1.77. The minimum Gasteiger partial charge on any atom is -0.345 e. The summed E-state index contributed by atoms with van der Waals surface area (Å²) in [5.41, 5.74) is 3.67. The Morgan fingerprint density at radius 1 is 0.871 bits per heavy atom. The lowest BCUT2D eigenvalue weighted by Gasteiger charge is -2.17. The molecule has 0 saturated heterocycles. The van der Waals surface area contributed by atoms with Gasteiger partial charge in [0.15, 0.2) is 13.1 Å². The molecular weight excluding hydrogens is 393 g/mol. The summed E-state index contributed by atoms with van der Waals surface area (Å²) < 4.78 is 13.2. The van der Waals surface area contributed by atoms with Crippen LogP contribution < -0.4 is 15.5 Å². The number of hydrogen-bond donors (Lipinski definition) is 3. The van der Waals surface area contributed by atoms with Crippen LogP contribution in [0.3, 0.4) is 0 Å². The van der Waals surface area contributed by atoms with Crippen LogP contribution in [0.25, 0.3) is 11.1 Å². The van der Waals surface area contributed by atoms with E-state index in [2.05, 4.69) is 22.8 Å². The molecule has 0 aliphatic rings. The normalized spacial score (nSPS) is 12.6. The smallest absolute Gasteiger partial charge is 0.279 e. The van der Waals surface area contributed by atoms with Gasteiger partial charge in [-0.3, -0.25) is 9.59 Å². The first-order chi connectivity index (χ1) is 14.9. The van der Waals surface area contributed by atoms with Crippen LogP contribution >= 0.6 is 0 Å². The Balaban J connectivity index is 1.47. The number of anilines is 1. The largest absolute Gasteiger partial charge is 0.345 e. The zero-order valence-corrected chi connectivity index (χ0v) is 17.7. The molecule has 3 aromatic carbocycles. The van der Waals surface area contributed by atoms with Gasteiger partial charge in [0.25, 0.3) is 11.8 Å². The zero-order valence-electron chi connectivity index (χ0n) is 17.7. The molecular formula is C25H27FN3O2+. The molecule has 0 aromatic heterocycles. The lowest BCUT2D eigenvalue weighted by molar-refractivity contribution is -0.862. The number of likely N-dealkylation sites (N-methyl/N-ethyl adjacent to an activating group) is 1. The van der Waals surface area contributed by atoms with E-state index in [4.69, 9.17) is 0 Å². The SMILES string of the molecule is C[C@H](NC(=O)C[NH+](C)CC(=O)Nc1cccc(F)c1)c1ccc(-c2ccccc2)cc1. The zero-order chi connectivity index (χ0) is 22.2. The van der Waals surface area contributed by atoms with E-state index >= 15 is 0 Å². The first kappa shape index (κ1) is 22.2. The van der Waals surface area contributed by atoms with Crippen LogP contribution in [0.15, 0.2) is 78.9 Å². The number of nitrogens with one attached hydrogen (secondary N) is 3. The summed E-state index contributed by atoms with van der Waals surface area (Å²) in [5, 5.41) is 5.62. The van der Waals surface area contributed by atoms with Gasteiger partial charge in [0, 0.05) is 5.69 Å². The average molecular weight is 421 g/mol. The van der Waals surface area contributed by atoms with Gasteiger partial charge in [-0.25, -0.2) is 4.39 Å². The van der Waals surface area contributed by atoms with Gasteiger partial charge in [0.2, 0.25) is 0 Å². The molecule has 5 nitrogen and oxygen atoms in total. The summed E-state index contributed by atoms with van der Waals surface area (Å²) in [5.74, 6) is -0.834. The Morgan fingerprint density at radius 3 is 2.19 bits per heavy atom. The highest BCUT2D eigenvalue weighted by atomic mass is 19.1. The van der Waals surface area contributed by atoms with Crippen molar-refractivity contribution in [3.05, 3.63) is 90.2 Å². The lowest BCUT2D eigenvalue weighted by atomic mass is 10.0. The van der Waals surface area contributed by atoms with Crippen molar-refractivity contribution in [2.24, 2.45) is 0 Å². The summed E-state index contributed by atoms with van der Waals surface area (Å²) in [6.45, 7) is 2.19. The molecule has 31 heavy (non-hydrogen) atoms.